The molecule has 0 aromatic heterocycles. The van der Waals surface area contributed by atoms with Crippen LogP contribution in [0.4, 0.5) is 0 Å². The molecular formula is C9H14O3. The van der Waals surface area contributed by atoms with E-state index in [0.717, 1.165) is 6.42 Å². The minimum atomic E-state index is -0.367. The molecule has 2 atom stereocenters. The van der Waals surface area contributed by atoms with Crippen LogP contribution in [-0.4, -0.2) is 18.9 Å². The van der Waals surface area contributed by atoms with Crippen molar-refractivity contribution in [1.82, 2.24) is 0 Å². The van der Waals surface area contributed by atoms with Gasteiger partial charge in [0.2, 0.25) is 6.29 Å². The Labute approximate surface area is 72.4 Å². The Morgan fingerprint density at radius 2 is 2.33 bits per heavy atom. The van der Waals surface area contributed by atoms with E-state index in [-0.39, 0.29) is 12.3 Å². The molecule has 0 aliphatic carbocycles. The Hall–Kier alpha value is -0.830. The van der Waals surface area contributed by atoms with Gasteiger partial charge in [-0.05, 0) is 12.8 Å². The van der Waals surface area contributed by atoms with Gasteiger partial charge in [0.15, 0.2) is 0 Å². The molecule has 1 fully saturated rings. The summed E-state index contributed by atoms with van der Waals surface area (Å²) in [6.45, 7) is 7.85. The fraction of sp³-hybridized carbons (Fsp3) is 0.667. The van der Waals surface area contributed by atoms with E-state index in [0.29, 0.717) is 18.1 Å². The highest BCUT2D eigenvalue weighted by Crippen LogP contribution is 2.20. The summed E-state index contributed by atoms with van der Waals surface area (Å²) in [5.74, 6) is 0.113. The SMILES string of the molecule is C=C(C)C(=O)OC1CC(C)CO1. The van der Waals surface area contributed by atoms with Gasteiger partial charge in [-0.25, -0.2) is 4.79 Å². The molecule has 0 bridgehead atoms. The second kappa shape index (κ2) is 3.72. The molecule has 1 aliphatic rings. The maximum absolute atomic E-state index is 11.0. The van der Waals surface area contributed by atoms with Crippen molar-refractivity contribution >= 4 is 5.97 Å². The number of ether oxygens (including phenoxy) is 2. The van der Waals surface area contributed by atoms with Crippen LogP contribution in [0, 0.1) is 5.92 Å². The molecule has 0 radical (unpaired) electrons. The van der Waals surface area contributed by atoms with E-state index >= 15 is 0 Å². The van der Waals surface area contributed by atoms with E-state index in [1.807, 2.05) is 0 Å². The standard InChI is InChI=1S/C9H14O3/c1-6(2)9(10)12-8-4-7(3)5-11-8/h7-8H,1,4-5H2,2-3H3. The normalized spacial score (nSPS) is 28.5. The van der Waals surface area contributed by atoms with Crippen molar-refractivity contribution < 1.29 is 14.3 Å². The average molecular weight is 170 g/mol. The third kappa shape index (κ3) is 2.34. The van der Waals surface area contributed by atoms with Crippen molar-refractivity contribution in [2.75, 3.05) is 6.61 Å². The Kier molecular flexibility index (Phi) is 2.87. The molecule has 12 heavy (non-hydrogen) atoms. The van der Waals surface area contributed by atoms with Crippen molar-refractivity contribution in [2.45, 2.75) is 26.6 Å². The summed E-state index contributed by atoms with van der Waals surface area (Å²) in [7, 11) is 0. The number of rotatable bonds is 2. The van der Waals surface area contributed by atoms with Crippen LogP contribution in [0.1, 0.15) is 20.3 Å². The molecule has 0 aromatic rings. The first-order chi connectivity index (χ1) is 5.59. The van der Waals surface area contributed by atoms with Gasteiger partial charge in [0.25, 0.3) is 0 Å². The van der Waals surface area contributed by atoms with Gasteiger partial charge in [-0.15, -0.1) is 0 Å². The molecule has 68 valence electrons. The van der Waals surface area contributed by atoms with Crippen molar-refractivity contribution in [3.63, 3.8) is 0 Å². The van der Waals surface area contributed by atoms with Gasteiger partial charge in [-0.2, -0.15) is 0 Å². The van der Waals surface area contributed by atoms with Crippen LogP contribution in [0.2, 0.25) is 0 Å². The van der Waals surface area contributed by atoms with E-state index < -0.39 is 0 Å². The van der Waals surface area contributed by atoms with E-state index in [4.69, 9.17) is 9.47 Å². The average Bonchev–Trinajstić information content (AvgIpc) is 2.35. The summed E-state index contributed by atoms with van der Waals surface area (Å²) >= 11 is 0. The summed E-state index contributed by atoms with van der Waals surface area (Å²) in [6.07, 6.45) is 0.433. The van der Waals surface area contributed by atoms with E-state index in [1.54, 1.807) is 6.92 Å². The number of carbonyl (C=O) groups is 1. The minimum absolute atomic E-state index is 0.357. The zero-order valence-corrected chi connectivity index (χ0v) is 7.50. The largest absolute Gasteiger partial charge is 0.432 e. The Morgan fingerprint density at radius 3 is 2.75 bits per heavy atom. The highest BCUT2D eigenvalue weighted by Gasteiger charge is 2.25. The topological polar surface area (TPSA) is 35.5 Å². The number of esters is 1. The fourth-order valence-corrected chi connectivity index (χ4v) is 1.04. The van der Waals surface area contributed by atoms with Gasteiger partial charge in [0.05, 0.1) is 6.61 Å². The Balaban J connectivity index is 2.32. The zero-order valence-electron chi connectivity index (χ0n) is 7.50. The third-order valence-electron chi connectivity index (χ3n) is 1.75. The van der Waals surface area contributed by atoms with Gasteiger partial charge < -0.3 is 9.47 Å². The molecule has 0 amide bonds. The van der Waals surface area contributed by atoms with Crippen LogP contribution in [-0.2, 0) is 14.3 Å². The van der Waals surface area contributed by atoms with Crippen LogP contribution in [0.25, 0.3) is 0 Å². The number of carbonyl (C=O) groups excluding carboxylic acids is 1. The zero-order chi connectivity index (χ0) is 9.14. The highest BCUT2D eigenvalue weighted by atomic mass is 16.7. The van der Waals surface area contributed by atoms with Gasteiger partial charge in [0, 0.05) is 12.0 Å². The minimum Gasteiger partial charge on any atom is -0.432 e. The molecule has 3 heteroatoms. The predicted octanol–water partition coefficient (Wildman–Crippen LogP) is 1.49. The maximum Gasteiger partial charge on any atom is 0.335 e. The molecule has 1 heterocycles. The third-order valence-corrected chi connectivity index (χ3v) is 1.75. The number of hydrogen-bond donors (Lipinski definition) is 0. The molecule has 1 saturated heterocycles. The molecule has 0 aromatic carbocycles. The van der Waals surface area contributed by atoms with Crippen LogP contribution < -0.4 is 0 Å². The lowest BCUT2D eigenvalue weighted by Crippen LogP contribution is -2.17. The van der Waals surface area contributed by atoms with Crippen LogP contribution in [0.15, 0.2) is 12.2 Å². The quantitative estimate of drug-likeness (QED) is 0.465. The van der Waals surface area contributed by atoms with E-state index in [1.165, 1.54) is 0 Å². The summed E-state index contributed by atoms with van der Waals surface area (Å²) in [4.78, 5) is 11.0. The van der Waals surface area contributed by atoms with Gasteiger partial charge in [-0.3, -0.25) is 0 Å². The lowest BCUT2D eigenvalue weighted by atomic mass is 10.1. The molecule has 1 rings (SSSR count). The van der Waals surface area contributed by atoms with Crippen molar-refractivity contribution in [3.05, 3.63) is 12.2 Å². The first-order valence-corrected chi connectivity index (χ1v) is 4.07. The lowest BCUT2D eigenvalue weighted by Gasteiger charge is -2.10. The van der Waals surface area contributed by atoms with Gasteiger partial charge >= 0.3 is 5.97 Å². The van der Waals surface area contributed by atoms with Gasteiger partial charge in [-0.1, -0.05) is 13.5 Å². The van der Waals surface area contributed by atoms with E-state index in [9.17, 15) is 4.79 Å². The molecule has 0 N–H and O–H groups in total. The summed E-state index contributed by atoms with van der Waals surface area (Å²) in [5.41, 5.74) is 0.415. The summed E-state index contributed by atoms with van der Waals surface area (Å²) in [5, 5.41) is 0. The van der Waals surface area contributed by atoms with Crippen LogP contribution in [0.3, 0.4) is 0 Å². The second-order valence-corrected chi connectivity index (χ2v) is 3.29. The molecule has 1 aliphatic heterocycles. The highest BCUT2D eigenvalue weighted by molar-refractivity contribution is 5.87. The molecule has 3 nitrogen and oxygen atoms in total. The fourth-order valence-electron chi connectivity index (χ4n) is 1.04. The first-order valence-electron chi connectivity index (χ1n) is 4.07. The Morgan fingerprint density at radius 1 is 1.67 bits per heavy atom. The Bertz CT molecular complexity index is 198. The monoisotopic (exact) mass is 170 g/mol. The van der Waals surface area contributed by atoms with Crippen molar-refractivity contribution in [1.29, 1.82) is 0 Å². The second-order valence-electron chi connectivity index (χ2n) is 3.29. The maximum atomic E-state index is 11.0. The summed E-state index contributed by atoms with van der Waals surface area (Å²) in [6, 6.07) is 0. The predicted molar refractivity (Wildman–Crippen MR) is 44.4 cm³/mol. The molecular weight excluding hydrogens is 156 g/mol. The first kappa shape index (κ1) is 9.26. The summed E-state index contributed by atoms with van der Waals surface area (Å²) < 4.78 is 10.2. The molecule has 0 spiro atoms. The van der Waals surface area contributed by atoms with Crippen LogP contribution in [0.5, 0.6) is 0 Å². The smallest absolute Gasteiger partial charge is 0.335 e. The molecule has 2 unspecified atom stereocenters. The van der Waals surface area contributed by atoms with Crippen molar-refractivity contribution in [2.24, 2.45) is 5.92 Å². The van der Waals surface area contributed by atoms with Crippen LogP contribution >= 0.6 is 0 Å². The molecule has 0 saturated carbocycles. The van der Waals surface area contributed by atoms with Crippen molar-refractivity contribution in [3.8, 4) is 0 Å². The lowest BCUT2D eigenvalue weighted by molar-refractivity contribution is -0.164. The van der Waals surface area contributed by atoms with E-state index in [2.05, 4.69) is 13.5 Å². The number of hydrogen-bond acceptors (Lipinski definition) is 3. The van der Waals surface area contributed by atoms with Gasteiger partial charge in [0.1, 0.15) is 0 Å².